The number of aryl methyl sites for hydroxylation is 1. The number of carbonyl (C=O) groups is 1. The molecular formula is C22H26N3O3+. The third-order valence-electron chi connectivity index (χ3n) is 4.86. The van der Waals surface area contributed by atoms with Crippen LogP contribution >= 0.6 is 0 Å². The van der Waals surface area contributed by atoms with Gasteiger partial charge in [0.25, 0.3) is 5.91 Å². The molecule has 1 amide bonds. The molecule has 1 saturated heterocycles. The lowest BCUT2D eigenvalue weighted by Gasteiger charge is -2.28. The summed E-state index contributed by atoms with van der Waals surface area (Å²) in [6.45, 7) is 6.20. The quantitative estimate of drug-likeness (QED) is 0.752. The van der Waals surface area contributed by atoms with Gasteiger partial charge in [-0.05, 0) is 36.8 Å². The van der Waals surface area contributed by atoms with Crippen LogP contribution in [0.3, 0.4) is 0 Å². The lowest BCUT2D eigenvalue weighted by Crippen LogP contribution is -3.14. The molecule has 2 aromatic carbocycles. The number of hydrogen-bond donors (Lipinski definition) is 2. The van der Waals surface area contributed by atoms with E-state index >= 15 is 0 Å². The predicted molar refractivity (Wildman–Crippen MR) is 105 cm³/mol. The van der Waals surface area contributed by atoms with E-state index in [1.165, 1.54) is 10.5 Å². The van der Waals surface area contributed by atoms with Crippen molar-refractivity contribution < 1.29 is 19.2 Å². The number of amides is 1. The van der Waals surface area contributed by atoms with Gasteiger partial charge in [-0.1, -0.05) is 29.8 Å². The first kappa shape index (κ1) is 19.9. The maximum atomic E-state index is 12.5. The molecular weight excluding hydrogens is 354 g/mol. The summed E-state index contributed by atoms with van der Waals surface area (Å²) >= 11 is 0. The number of hydrogen-bond acceptors (Lipinski definition) is 4. The second kappa shape index (κ2) is 9.88. The Morgan fingerprint density at radius 2 is 1.86 bits per heavy atom. The Bertz CT molecular complexity index is 806. The Kier molecular flexibility index (Phi) is 7.01. The third kappa shape index (κ3) is 5.81. The summed E-state index contributed by atoms with van der Waals surface area (Å²) in [7, 11) is 0. The van der Waals surface area contributed by atoms with Crippen LogP contribution in [-0.4, -0.2) is 45.4 Å². The monoisotopic (exact) mass is 380 g/mol. The number of carbonyl (C=O) groups excluding carboxylic acids is 1. The molecule has 0 aliphatic carbocycles. The first-order valence-corrected chi connectivity index (χ1v) is 9.54. The number of rotatable bonds is 7. The highest BCUT2D eigenvalue weighted by Crippen LogP contribution is 2.14. The van der Waals surface area contributed by atoms with E-state index in [0.29, 0.717) is 11.3 Å². The molecule has 0 saturated carbocycles. The minimum absolute atomic E-state index is 0.0628. The second-order valence-electron chi connectivity index (χ2n) is 7.02. The van der Waals surface area contributed by atoms with Crippen molar-refractivity contribution in [3.63, 3.8) is 0 Å². The fourth-order valence-electron chi connectivity index (χ4n) is 3.21. The molecule has 0 radical (unpaired) electrons. The van der Waals surface area contributed by atoms with Gasteiger partial charge in [0.2, 0.25) is 0 Å². The molecule has 6 heteroatoms. The molecule has 2 aromatic rings. The minimum Gasteiger partial charge on any atom is -0.484 e. The standard InChI is InChI=1S/C22H25N3O3/c1-17-2-6-19(7-3-17)21(15-25-10-12-27-13-11-25)24-22(26)16-28-20-8-4-18(14-23)5-9-20/h2-9,21H,10-13,15-16H2,1H3,(H,24,26)/p+1/t21-/m0/s1. The van der Waals surface area contributed by atoms with Crippen molar-refractivity contribution in [2.24, 2.45) is 0 Å². The Balaban J connectivity index is 1.61. The van der Waals surface area contributed by atoms with Crippen LogP contribution in [0.25, 0.3) is 0 Å². The van der Waals surface area contributed by atoms with Crippen LogP contribution in [0.4, 0.5) is 0 Å². The van der Waals surface area contributed by atoms with E-state index in [9.17, 15) is 4.79 Å². The highest BCUT2D eigenvalue weighted by Gasteiger charge is 2.23. The Morgan fingerprint density at radius 1 is 1.18 bits per heavy atom. The van der Waals surface area contributed by atoms with Crippen molar-refractivity contribution in [3.8, 4) is 11.8 Å². The summed E-state index contributed by atoms with van der Waals surface area (Å²) in [5, 5.41) is 12.0. The predicted octanol–water partition coefficient (Wildman–Crippen LogP) is 1.02. The van der Waals surface area contributed by atoms with Crippen molar-refractivity contribution in [1.82, 2.24) is 5.32 Å². The van der Waals surface area contributed by atoms with Gasteiger partial charge < -0.3 is 19.7 Å². The van der Waals surface area contributed by atoms with Gasteiger partial charge in [0.1, 0.15) is 31.4 Å². The van der Waals surface area contributed by atoms with Gasteiger partial charge in [-0.15, -0.1) is 0 Å². The summed E-state index contributed by atoms with van der Waals surface area (Å²) in [5.41, 5.74) is 2.85. The highest BCUT2D eigenvalue weighted by molar-refractivity contribution is 5.78. The number of nitriles is 1. The van der Waals surface area contributed by atoms with Gasteiger partial charge in [-0.25, -0.2) is 0 Å². The van der Waals surface area contributed by atoms with Gasteiger partial charge in [0.15, 0.2) is 6.61 Å². The van der Waals surface area contributed by atoms with E-state index in [1.54, 1.807) is 24.3 Å². The van der Waals surface area contributed by atoms with E-state index in [0.717, 1.165) is 38.4 Å². The van der Waals surface area contributed by atoms with E-state index in [1.807, 2.05) is 0 Å². The summed E-state index contributed by atoms with van der Waals surface area (Å²) in [6.07, 6.45) is 0. The number of morpholine rings is 1. The zero-order valence-corrected chi connectivity index (χ0v) is 16.1. The SMILES string of the molecule is Cc1ccc([C@H](C[NH+]2CCOCC2)NC(=O)COc2ccc(C#N)cc2)cc1. The van der Waals surface area contributed by atoms with Crippen LogP contribution in [0.1, 0.15) is 22.7 Å². The Hall–Kier alpha value is -2.88. The zero-order valence-electron chi connectivity index (χ0n) is 16.1. The topological polar surface area (TPSA) is 75.8 Å². The molecule has 28 heavy (non-hydrogen) atoms. The second-order valence-corrected chi connectivity index (χ2v) is 7.02. The average molecular weight is 380 g/mol. The lowest BCUT2D eigenvalue weighted by molar-refractivity contribution is -0.909. The molecule has 0 spiro atoms. The molecule has 146 valence electrons. The molecule has 1 heterocycles. The van der Waals surface area contributed by atoms with Crippen LogP contribution in [0.5, 0.6) is 5.75 Å². The van der Waals surface area contributed by atoms with Gasteiger partial charge in [0.05, 0.1) is 24.8 Å². The smallest absolute Gasteiger partial charge is 0.258 e. The summed E-state index contributed by atoms with van der Waals surface area (Å²) in [5.74, 6) is 0.405. The van der Waals surface area contributed by atoms with Crippen LogP contribution < -0.4 is 15.0 Å². The molecule has 0 aromatic heterocycles. The normalized spacial score (nSPS) is 15.4. The number of quaternary nitrogens is 1. The van der Waals surface area contributed by atoms with Crippen LogP contribution in [0.2, 0.25) is 0 Å². The molecule has 1 aliphatic rings. The number of nitrogens with one attached hydrogen (secondary N) is 2. The molecule has 1 atom stereocenters. The van der Waals surface area contributed by atoms with Crippen molar-refractivity contribution in [2.45, 2.75) is 13.0 Å². The van der Waals surface area contributed by atoms with E-state index < -0.39 is 0 Å². The van der Waals surface area contributed by atoms with Crippen molar-refractivity contribution >= 4 is 5.91 Å². The first-order valence-electron chi connectivity index (χ1n) is 9.54. The largest absolute Gasteiger partial charge is 0.484 e. The van der Waals surface area contributed by atoms with E-state index in [-0.39, 0.29) is 18.6 Å². The van der Waals surface area contributed by atoms with Crippen molar-refractivity contribution in [3.05, 3.63) is 65.2 Å². The maximum absolute atomic E-state index is 12.5. The maximum Gasteiger partial charge on any atom is 0.258 e. The van der Waals surface area contributed by atoms with Crippen molar-refractivity contribution in [2.75, 3.05) is 39.5 Å². The minimum atomic E-state index is -0.164. The first-order chi connectivity index (χ1) is 13.6. The molecule has 1 fully saturated rings. The average Bonchev–Trinajstić information content (AvgIpc) is 2.73. The van der Waals surface area contributed by atoms with Crippen LogP contribution in [0, 0.1) is 18.3 Å². The number of ether oxygens (including phenoxy) is 2. The van der Waals surface area contributed by atoms with Crippen molar-refractivity contribution in [1.29, 1.82) is 5.26 Å². The number of nitrogens with zero attached hydrogens (tertiary/aromatic N) is 1. The molecule has 6 nitrogen and oxygen atoms in total. The lowest BCUT2D eigenvalue weighted by atomic mass is 10.0. The van der Waals surface area contributed by atoms with Crippen LogP contribution in [0.15, 0.2) is 48.5 Å². The molecule has 1 aliphatic heterocycles. The van der Waals surface area contributed by atoms with E-state index in [4.69, 9.17) is 14.7 Å². The molecule has 0 unspecified atom stereocenters. The summed E-state index contributed by atoms with van der Waals surface area (Å²) < 4.78 is 11.0. The highest BCUT2D eigenvalue weighted by atomic mass is 16.5. The zero-order chi connectivity index (χ0) is 19.8. The Morgan fingerprint density at radius 3 is 2.50 bits per heavy atom. The summed E-state index contributed by atoms with van der Waals surface area (Å²) in [4.78, 5) is 13.9. The summed E-state index contributed by atoms with van der Waals surface area (Å²) in [6, 6.07) is 17.0. The van der Waals surface area contributed by atoms with Gasteiger partial charge in [0, 0.05) is 0 Å². The third-order valence-corrected chi connectivity index (χ3v) is 4.86. The van der Waals surface area contributed by atoms with Gasteiger partial charge in [-0.3, -0.25) is 4.79 Å². The Labute approximate surface area is 165 Å². The van der Waals surface area contributed by atoms with E-state index in [2.05, 4.69) is 42.6 Å². The fourth-order valence-corrected chi connectivity index (χ4v) is 3.21. The van der Waals surface area contributed by atoms with Crippen LogP contribution in [-0.2, 0) is 9.53 Å². The molecule has 3 rings (SSSR count). The van der Waals surface area contributed by atoms with Gasteiger partial charge >= 0.3 is 0 Å². The molecule has 0 bridgehead atoms. The fraction of sp³-hybridized carbons (Fsp3) is 0.364. The number of benzene rings is 2. The van der Waals surface area contributed by atoms with Gasteiger partial charge in [-0.2, -0.15) is 5.26 Å². The molecule has 2 N–H and O–H groups in total.